The molecule has 0 fully saturated rings. The summed E-state index contributed by atoms with van der Waals surface area (Å²) in [6, 6.07) is 0. The average Bonchev–Trinajstić information content (AvgIpc) is 2.28. The maximum atomic E-state index is 9.25. The second-order valence-electron chi connectivity index (χ2n) is 1.72. The number of aliphatic hydroxyl groups is 3. The molecule has 0 spiro atoms. The van der Waals surface area contributed by atoms with Crippen LogP contribution in [0, 0.1) is 0 Å². The Labute approximate surface area is 98.4 Å². The molecule has 90 valence electrons. The summed E-state index contributed by atoms with van der Waals surface area (Å²) in [6.45, 7) is 2.73. The largest absolute Gasteiger partial charge is 0.478 e. The molecule has 0 aromatic carbocycles. The molecule has 0 amide bonds. The monoisotopic (exact) mass is 256 g/mol. The molecule has 0 bridgehead atoms. The molecule has 0 radical (unpaired) electrons. The Balaban J connectivity index is -0.000000147. The quantitative estimate of drug-likeness (QED) is 0.413. The van der Waals surface area contributed by atoms with Crippen LogP contribution in [0.5, 0.6) is 0 Å². The van der Waals surface area contributed by atoms with E-state index in [0.29, 0.717) is 4.20 Å². The van der Waals surface area contributed by atoms with Crippen molar-refractivity contribution in [2.75, 3.05) is 26.1 Å². The van der Waals surface area contributed by atoms with Crippen molar-refractivity contribution in [2.24, 2.45) is 0 Å². The number of aliphatic carboxylic acids is 1. The Hall–Kier alpha value is -0.470. The summed E-state index contributed by atoms with van der Waals surface area (Å²) in [6.07, 6.45) is 2.68. The van der Waals surface area contributed by atoms with Gasteiger partial charge in [-0.25, -0.2) is 4.79 Å². The first kappa shape index (κ1) is 20.0. The van der Waals surface area contributed by atoms with Crippen LogP contribution in [0.4, 0.5) is 0 Å². The van der Waals surface area contributed by atoms with Crippen LogP contribution in [-0.4, -0.2) is 56.7 Å². The molecule has 0 rings (SSSR count). The zero-order valence-corrected chi connectivity index (χ0v) is 10.1. The van der Waals surface area contributed by atoms with Crippen LogP contribution in [0.2, 0.25) is 0 Å². The van der Waals surface area contributed by atoms with Crippen LogP contribution in [0.3, 0.4) is 0 Å². The van der Waals surface area contributed by atoms with E-state index in [1.165, 1.54) is 11.8 Å². The minimum Gasteiger partial charge on any atom is -0.478 e. The van der Waals surface area contributed by atoms with E-state index >= 15 is 0 Å². The van der Waals surface area contributed by atoms with Gasteiger partial charge in [-0.2, -0.15) is 0 Å². The highest BCUT2D eigenvalue weighted by Gasteiger charge is 1.83. The third-order valence-electron chi connectivity index (χ3n) is 0.631. The molecule has 0 heterocycles. The number of thioether (sulfide) groups is 1. The lowest BCUT2D eigenvalue weighted by molar-refractivity contribution is -0.131. The molecule has 0 unspecified atom stereocenters. The number of aliphatic hydroxyl groups excluding tert-OH is 3. The van der Waals surface area contributed by atoms with Crippen molar-refractivity contribution >= 4 is 34.1 Å². The molecule has 0 saturated heterocycles. The number of hydrogen-bond donors (Lipinski definition) is 4. The van der Waals surface area contributed by atoms with Gasteiger partial charge in [0.1, 0.15) is 0 Å². The van der Waals surface area contributed by atoms with Crippen LogP contribution in [0.15, 0.2) is 12.7 Å². The summed E-state index contributed by atoms with van der Waals surface area (Å²) in [5, 5.41) is 31.0. The van der Waals surface area contributed by atoms with Gasteiger partial charge in [0.15, 0.2) is 0 Å². The summed E-state index contributed by atoms with van der Waals surface area (Å²) in [5.41, 5.74) is 0. The van der Waals surface area contributed by atoms with Gasteiger partial charge in [0.25, 0.3) is 0 Å². The van der Waals surface area contributed by atoms with Gasteiger partial charge in [0.05, 0.1) is 24.0 Å². The number of carbonyl (C=O) groups is 1. The Morgan fingerprint density at radius 2 is 1.73 bits per heavy atom. The highest BCUT2D eigenvalue weighted by Crippen LogP contribution is 1.93. The minimum atomic E-state index is -0.981. The van der Waals surface area contributed by atoms with Crippen LogP contribution in [0.25, 0.3) is 0 Å². The van der Waals surface area contributed by atoms with Gasteiger partial charge >= 0.3 is 5.97 Å². The molecule has 0 aliphatic rings. The Morgan fingerprint density at radius 3 is 1.73 bits per heavy atom. The fourth-order valence-electron chi connectivity index (χ4n) is 0.0645. The number of thiocarbonyl (C=S) groups is 1. The van der Waals surface area contributed by atoms with Gasteiger partial charge in [-0.3, -0.25) is 0 Å². The lowest BCUT2D eigenvalue weighted by Gasteiger charge is -1.85. The van der Waals surface area contributed by atoms with Crippen LogP contribution in [0.1, 0.15) is 0 Å². The third-order valence-corrected chi connectivity index (χ3v) is 1.84. The minimum absolute atomic E-state index is 0.0243. The van der Waals surface area contributed by atoms with E-state index in [2.05, 4.69) is 18.8 Å². The van der Waals surface area contributed by atoms with Gasteiger partial charge < -0.3 is 20.4 Å². The lowest BCUT2D eigenvalue weighted by Crippen LogP contribution is -1.90. The molecule has 0 saturated carbocycles. The maximum Gasteiger partial charge on any atom is 0.327 e. The van der Waals surface area contributed by atoms with Gasteiger partial charge in [-0.05, 0) is 6.26 Å². The predicted molar refractivity (Wildman–Crippen MR) is 65.2 cm³/mol. The molecule has 0 aliphatic heterocycles. The SMILES string of the molecule is C=CC(=O)O.CSC(=S)CO.OCCO. The molecule has 7 heteroatoms. The first-order valence-electron chi connectivity index (χ1n) is 3.74. The van der Waals surface area contributed by atoms with Crippen molar-refractivity contribution in [3.05, 3.63) is 12.7 Å². The first-order valence-corrected chi connectivity index (χ1v) is 5.38. The smallest absolute Gasteiger partial charge is 0.327 e. The number of carboxylic acids is 1. The van der Waals surface area contributed by atoms with Gasteiger partial charge in [0, 0.05) is 6.08 Å². The highest BCUT2D eigenvalue weighted by atomic mass is 32.2. The van der Waals surface area contributed by atoms with Crippen molar-refractivity contribution in [1.82, 2.24) is 0 Å². The van der Waals surface area contributed by atoms with E-state index < -0.39 is 5.97 Å². The lowest BCUT2D eigenvalue weighted by atomic mass is 10.7. The molecule has 0 aromatic heterocycles. The zero-order chi connectivity index (χ0) is 12.7. The highest BCUT2D eigenvalue weighted by molar-refractivity contribution is 8.22. The predicted octanol–water partition coefficient (Wildman–Crippen LogP) is -0.103. The van der Waals surface area contributed by atoms with E-state index in [1.807, 2.05) is 6.26 Å². The van der Waals surface area contributed by atoms with Crippen molar-refractivity contribution < 1.29 is 25.2 Å². The summed E-state index contributed by atoms with van der Waals surface area (Å²) in [4.78, 5) is 9.25. The summed E-state index contributed by atoms with van der Waals surface area (Å²) < 4.78 is 0.648. The normalized spacial score (nSPS) is 7.47. The number of rotatable bonds is 3. The zero-order valence-electron chi connectivity index (χ0n) is 8.42. The fourth-order valence-corrected chi connectivity index (χ4v) is 0.194. The molecular formula is C8H16O5S2. The van der Waals surface area contributed by atoms with E-state index in [4.69, 9.17) is 20.4 Å². The van der Waals surface area contributed by atoms with Crippen LogP contribution < -0.4 is 0 Å². The summed E-state index contributed by atoms with van der Waals surface area (Å²) in [7, 11) is 0. The third kappa shape index (κ3) is 42.2. The van der Waals surface area contributed by atoms with Crippen molar-refractivity contribution in [3.8, 4) is 0 Å². The summed E-state index contributed by atoms with van der Waals surface area (Å²) in [5.74, 6) is -0.981. The van der Waals surface area contributed by atoms with Crippen molar-refractivity contribution in [2.45, 2.75) is 0 Å². The molecule has 4 N–H and O–H groups in total. The average molecular weight is 256 g/mol. The van der Waals surface area contributed by atoms with Crippen LogP contribution >= 0.6 is 24.0 Å². The number of carboxylic acid groups (broad SMARTS) is 1. The molecule has 0 aromatic rings. The van der Waals surface area contributed by atoms with Gasteiger partial charge in [-0.1, -0.05) is 18.8 Å². The second-order valence-corrected chi connectivity index (χ2v) is 3.38. The molecule has 0 atom stereocenters. The Morgan fingerprint density at radius 1 is 1.40 bits per heavy atom. The maximum absolute atomic E-state index is 9.25. The van der Waals surface area contributed by atoms with Crippen LogP contribution in [-0.2, 0) is 4.79 Å². The fraction of sp³-hybridized carbons (Fsp3) is 0.500. The van der Waals surface area contributed by atoms with E-state index in [9.17, 15) is 4.79 Å². The Kier molecular flexibility index (Phi) is 25.6. The van der Waals surface area contributed by atoms with E-state index in [0.717, 1.165) is 6.08 Å². The van der Waals surface area contributed by atoms with Gasteiger partial charge in [0.2, 0.25) is 0 Å². The van der Waals surface area contributed by atoms with E-state index in [-0.39, 0.29) is 19.8 Å². The number of hydrogen-bond acceptors (Lipinski definition) is 6. The second kappa shape index (κ2) is 19.2. The van der Waals surface area contributed by atoms with E-state index in [1.54, 1.807) is 0 Å². The Bertz CT molecular complexity index is 164. The summed E-state index contributed by atoms with van der Waals surface area (Å²) >= 11 is 5.98. The topological polar surface area (TPSA) is 98.0 Å². The first-order chi connectivity index (χ1) is 6.99. The molecular weight excluding hydrogens is 240 g/mol. The van der Waals surface area contributed by atoms with Crippen molar-refractivity contribution in [1.29, 1.82) is 0 Å². The molecule has 0 aliphatic carbocycles. The van der Waals surface area contributed by atoms with Gasteiger partial charge in [-0.15, -0.1) is 11.8 Å². The van der Waals surface area contributed by atoms with Crippen molar-refractivity contribution in [3.63, 3.8) is 0 Å². The molecule has 5 nitrogen and oxygen atoms in total. The standard InChI is InChI=1S/C3H4O2.C3H6OS2.C2H6O2/c1-2-3(4)5;1-6-3(5)2-4;3-1-2-4/h2H,1H2,(H,4,5);4H,2H2,1H3;3-4H,1-2H2. The molecule has 15 heavy (non-hydrogen) atoms.